The van der Waals surface area contributed by atoms with E-state index in [0.717, 1.165) is 19.0 Å². The minimum atomic E-state index is 0.267. The standard InChI is InChI=1S/C9H7Br3O/c1-5-2-7(10)6(4-9(11)12)8(13)3-5/h2-4,13H,1H3. The van der Waals surface area contributed by atoms with E-state index in [1.807, 2.05) is 13.0 Å². The summed E-state index contributed by atoms with van der Waals surface area (Å²) in [6.45, 7) is 1.93. The van der Waals surface area contributed by atoms with Crippen LogP contribution >= 0.6 is 47.8 Å². The highest BCUT2D eigenvalue weighted by atomic mass is 79.9. The molecule has 70 valence electrons. The number of hydrogen-bond donors (Lipinski definition) is 1. The molecule has 0 amide bonds. The van der Waals surface area contributed by atoms with Crippen molar-refractivity contribution in [1.82, 2.24) is 0 Å². The van der Waals surface area contributed by atoms with E-state index < -0.39 is 0 Å². The molecule has 0 radical (unpaired) electrons. The predicted molar refractivity (Wildman–Crippen MR) is 66.4 cm³/mol. The molecule has 1 rings (SSSR count). The Labute approximate surface area is 102 Å². The summed E-state index contributed by atoms with van der Waals surface area (Å²) in [6, 6.07) is 3.67. The van der Waals surface area contributed by atoms with Gasteiger partial charge in [-0.1, -0.05) is 15.9 Å². The number of benzene rings is 1. The smallest absolute Gasteiger partial charge is 0.124 e. The molecule has 13 heavy (non-hydrogen) atoms. The normalized spacial score (nSPS) is 9.85. The monoisotopic (exact) mass is 368 g/mol. The average Bonchev–Trinajstić information content (AvgIpc) is 1.96. The Bertz CT molecular complexity index is 331. The van der Waals surface area contributed by atoms with Crippen molar-refractivity contribution in [3.63, 3.8) is 0 Å². The molecule has 0 aromatic heterocycles. The van der Waals surface area contributed by atoms with Crippen LogP contribution in [0.3, 0.4) is 0 Å². The Morgan fingerprint density at radius 1 is 1.38 bits per heavy atom. The van der Waals surface area contributed by atoms with Crippen LogP contribution in [-0.4, -0.2) is 5.11 Å². The van der Waals surface area contributed by atoms with E-state index in [0.29, 0.717) is 0 Å². The lowest BCUT2D eigenvalue weighted by Crippen LogP contribution is -1.80. The number of aryl methyl sites for hydroxylation is 1. The van der Waals surface area contributed by atoms with Crippen LogP contribution in [0.4, 0.5) is 0 Å². The highest BCUT2D eigenvalue weighted by Gasteiger charge is 2.04. The Morgan fingerprint density at radius 3 is 2.46 bits per heavy atom. The van der Waals surface area contributed by atoms with Gasteiger partial charge in [0.2, 0.25) is 0 Å². The van der Waals surface area contributed by atoms with E-state index in [1.165, 1.54) is 0 Å². The summed E-state index contributed by atoms with van der Waals surface area (Å²) in [5.41, 5.74) is 1.78. The minimum Gasteiger partial charge on any atom is -0.507 e. The first-order valence-corrected chi connectivity index (χ1v) is 5.90. The van der Waals surface area contributed by atoms with Gasteiger partial charge in [0.15, 0.2) is 0 Å². The van der Waals surface area contributed by atoms with Crippen molar-refractivity contribution in [2.45, 2.75) is 6.92 Å². The molecule has 1 nitrogen and oxygen atoms in total. The quantitative estimate of drug-likeness (QED) is 0.768. The highest BCUT2D eigenvalue weighted by molar-refractivity contribution is 9.28. The van der Waals surface area contributed by atoms with Crippen LogP contribution in [-0.2, 0) is 0 Å². The maximum absolute atomic E-state index is 9.60. The Hall–Kier alpha value is 0.200. The van der Waals surface area contributed by atoms with E-state index in [4.69, 9.17) is 0 Å². The predicted octanol–water partition coefficient (Wildman–Crippen LogP) is 4.55. The summed E-state index contributed by atoms with van der Waals surface area (Å²) < 4.78 is 1.67. The SMILES string of the molecule is Cc1cc(O)c(C=C(Br)Br)c(Br)c1. The molecule has 1 aromatic carbocycles. The van der Waals surface area contributed by atoms with Crippen molar-refractivity contribution in [2.24, 2.45) is 0 Å². The summed E-state index contributed by atoms with van der Waals surface area (Å²) in [6.07, 6.45) is 1.79. The third-order valence-corrected chi connectivity index (χ3v) is 2.62. The first kappa shape index (κ1) is 11.3. The van der Waals surface area contributed by atoms with E-state index in [2.05, 4.69) is 47.8 Å². The molecular weight excluding hydrogens is 364 g/mol. The molecular formula is C9H7Br3O. The van der Waals surface area contributed by atoms with Crippen LogP contribution in [0.5, 0.6) is 5.75 Å². The summed E-state index contributed by atoms with van der Waals surface area (Å²) in [5.74, 6) is 0.267. The van der Waals surface area contributed by atoms with Gasteiger partial charge in [0, 0.05) is 10.0 Å². The van der Waals surface area contributed by atoms with Gasteiger partial charge < -0.3 is 5.11 Å². The van der Waals surface area contributed by atoms with Gasteiger partial charge in [-0.3, -0.25) is 0 Å². The largest absolute Gasteiger partial charge is 0.507 e. The molecule has 0 saturated heterocycles. The van der Waals surface area contributed by atoms with Gasteiger partial charge in [-0.25, -0.2) is 0 Å². The maximum atomic E-state index is 9.60. The number of phenols is 1. The van der Waals surface area contributed by atoms with Crippen LogP contribution in [0, 0.1) is 6.92 Å². The van der Waals surface area contributed by atoms with Crippen molar-refractivity contribution in [1.29, 1.82) is 0 Å². The number of aromatic hydroxyl groups is 1. The molecule has 0 spiro atoms. The van der Waals surface area contributed by atoms with E-state index in [-0.39, 0.29) is 5.75 Å². The summed E-state index contributed by atoms with van der Waals surface area (Å²) in [7, 11) is 0. The van der Waals surface area contributed by atoms with E-state index in [1.54, 1.807) is 12.1 Å². The zero-order valence-corrected chi connectivity index (χ0v) is 11.6. The number of halogens is 3. The molecule has 0 fully saturated rings. The van der Waals surface area contributed by atoms with Crippen molar-refractivity contribution in [2.75, 3.05) is 0 Å². The second kappa shape index (κ2) is 4.62. The van der Waals surface area contributed by atoms with Crippen LogP contribution in [0.2, 0.25) is 0 Å². The molecule has 0 atom stereocenters. The van der Waals surface area contributed by atoms with Crippen LogP contribution in [0.25, 0.3) is 6.08 Å². The molecule has 0 saturated carbocycles. The Balaban J connectivity index is 3.29. The summed E-state index contributed by atoms with van der Waals surface area (Å²) in [4.78, 5) is 0. The summed E-state index contributed by atoms with van der Waals surface area (Å²) >= 11 is 9.87. The molecule has 1 N–H and O–H groups in total. The van der Waals surface area contributed by atoms with Gasteiger partial charge >= 0.3 is 0 Å². The van der Waals surface area contributed by atoms with Crippen molar-refractivity contribution in [3.8, 4) is 5.75 Å². The van der Waals surface area contributed by atoms with Gasteiger partial charge in [-0.15, -0.1) is 0 Å². The molecule has 0 aliphatic carbocycles. The third-order valence-electron chi connectivity index (χ3n) is 1.51. The zero-order chi connectivity index (χ0) is 10.0. The topological polar surface area (TPSA) is 20.2 Å². The highest BCUT2D eigenvalue weighted by Crippen LogP contribution is 2.31. The van der Waals surface area contributed by atoms with Crippen molar-refractivity contribution < 1.29 is 5.11 Å². The molecule has 0 bridgehead atoms. The lowest BCUT2D eigenvalue weighted by molar-refractivity contribution is 0.473. The molecule has 1 aromatic rings. The zero-order valence-electron chi connectivity index (χ0n) is 6.81. The van der Waals surface area contributed by atoms with Crippen molar-refractivity contribution in [3.05, 3.63) is 31.1 Å². The molecule has 4 heteroatoms. The fraction of sp³-hybridized carbons (Fsp3) is 0.111. The second-order valence-electron chi connectivity index (χ2n) is 2.61. The second-order valence-corrected chi connectivity index (χ2v) is 6.24. The molecule has 0 aliphatic rings. The Kier molecular flexibility index (Phi) is 4.01. The average molecular weight is 371 g/mol. The van der Waals surface area contributed by atoms with E-state index in [9.17, 15) is 5.11 Å². The van der Waals surface area contributed by atoms with Gasteiger partial charge in [-0.05, 0) is 62.6 Å². The fourth-order valence-electron chi connectivity index (χ4n) is 0.987. The number of rotatable bonds is 1. The lowest BCUT2D eigenvalue weighted by atomic mass is 10.1. The molecule has 0 heterocycles. The van der Waals surface area contributed by atoms with Crippen LogP contribution in [0.15, 0.2) is 20.0 Å². The maximum Gasteiger partial charge on any atom is 0.124 e. The van der Waals surface area contributed by atoms with Gasteiger partial charge in [0.1, 0.15) is 5.75 Å². The first-order valence-electron chi connectivity index (χ1n) is 3.52. The van der Waals surface area contributed by atoms with Gasteiger partial charge in [-0.2, -0.15) is 0 Å². The first-order chi connectivity index (χ1) is 6.00. The van der Waals surface area contributed by atoms with Crippen molar-refractivity contribution >= 4 is 53.9 Å². The Morgan fingerprint density at radius 2 is 2.00 bits per heavy atom. The third kappa shape index (κ3) is 3.11. The minimum absolute atomic E-state index is 0.267. The summed E-state index contributed by atoms with van der Waals surface area (Å²) in [5, 5.41) is 9.60. The number of hydrogen-bond acceptors (Lipinski definition) is 1. The van der Waals surface area contributed by atoms with Gasteiger partial charge in [0.25, 0.3) is 0 Å². The van der Waals surface area contributed by atoms with Crippen LogP contribution in [0.1, 0.15) is 11.1 Å². The number of phenolic OH excluding ortho intramolecular Hbond substituents is 1. The van der Waals surface area contributed by atoms with Gasteiger partial charge in [0.05, 0.1) is 3.39 Å². The molecule has 0 aliphatic heterocycles. The fourth-order valence-corrected chi connectivity index (χ4v) is 2.12. The van der Waals surface area contributed by atoms with Crippen LogP contribution < -0.4 is 0 Å². The lowest BCUT2D eigenvalue weighted by Gasteiger charge is -2.04. The van der Waals surface area contributed by atoms with E-state index >= 15 is 0 Å². The molecule has 0 unspecified atom stereocenters.